The summed E-state index contributed by atoms with van der Waals surface area (Å²) in [6.45, 7) is 4.98. The number of amides is 1. The Bertz CT molecular complexity index is 754. The second-order valence-corrected chi connectivity index (χ2v) is 5.49. The van der Waals surface area contributed by atoms with Crippen molar-refractivity contribution in [3.8, 4) is 0 Å². The van der Waals surface area contributed by atoms with Crippen LogP contribution in [0.5, 0.6) is 0 Å². The Balaban J connectivity index is 0.00000264. The number of fused-ring (bicyclic) bond motifs is 1. The van der Waals surface area contributed by atoms with Crippen molar-refractivity contribution in [1.82, 2.24) is 20.1 Å². The number of halogens is 2. The predicted octanol–water partition coefficient (Wildman–Crippen LogP) is 1.12. The van der Waals surface area contributed by atoms with Gasteiger partial charge < -0.3 is 11.1 Å². The zero-order valence-electron chi connectivity index (χ0n) is 14.1. The molecular formula is C15H25Cl2N5O2. The molecule has 24 heavy (non-hydrogen) atoms. The topological polar surface area (TPSA) is 106 Å². The lowest BCUT2D eigenvalue weighted by molar-refractivity contribution is -0.121. The van der Waals surface area contributed by atoms with Gasteiger partial charge in [-0.1, -0.05) is 0 Å². The van der Waals surface area contributed by atoms with E-state index in [1.165, 1.54) is 0 Å². The summed E-state index contributed by atoms with van der Waals surface area (Å²) in [6.07, 6.45) is 1.73. The number of hydrogen-bond donors (Lipinski definition) is 3. The molecule has 0 aliphatic heterocycles. The van der Waals surface area contributed by atoms with Crippen molar-refractivity contribution in [2.45, 2.75) is 33.1 Å². The molecule has 4 N–H and O–H groups in total. The zero-order chi connectivity index (χ0) is 16.3. The second kappa shape index (κ2) is 9.66. The summed E-state index contributed by atoms with van der Waals surface area (Å²) in [5, 5.41) is 6.15. The molecule has 0 aliphatic carbocycles. The minimum Gasteiger partial charge on any atom is -0.356 e. The van der Waals surface area contributed by atoms with E-state index in [2.05, 4.69) is 15.4 Å². The number of nitrogens with one attached hydrogen (secondary N) is 2. The van der Waals surface area contributed by atoms with Gasteiger partial charge in [0.2, 0.25) is 5.91 Å². The van der Waals surface area contributed by atoms with Gasteiger partial charge in [0.15, 0.2) is 5.65 Å². The number of aryl methyl sites for hydroxylation is 3. The SMILES string of the molecule is Cc1nc2c(c(C)c1CCC(=O)NCCCN)c(=O)[nH]n2C.Cl.Cl. The molecule has 0 aromatic carbocycles. The first kappa shape index (κ1) is 22.4. The molecular weight excluding hydrogens is 353 g/mol. The fourth-order valence-electron chi connectivity index (χ4n) is 2.67. The van der Waals surface area contributed by atoms with Crippen molar-refractivity contribution in [2.75, 3.05) is 13.1 Å². The van der Waals surface area contributed by atoms with Gasteiger partial charge in [-0.05, 0) is 44.4 Å². The molecule has 0 saturated heterocycles. The van der Waals surface area contributed by atoms with Gasteiger partial charge in [0.25, 0.3) is 5.56 Å². The number of pyridine rings is 1. The highest BCUT2D eigenvalue weighted by atomic mass is 35.5. The molecule has 0 aliphatic rings. The summed E-state index contributed by atoms with van der Waals surface area (Å²) in [6, 6.07) is 0. The summed E-state index contributed by atoms with van der Waals surface area (Å²) in [7, 11) is 1.76. The molecule has 2 aromatic rings. The third kappa shape index (κ3) is 4.72. The first-order chi connectivity index (χ1) is 10.5. The minimum atomic E-state index is -0.142. The molecule has 0 spiro atoms. The van der Waals surface area contributed by atoms with Crippen molar-refractivity contribution >= 4 is 41.8 Å². The van der Waals surface area contributed by atoms with Crippen LogP contribution in [0.1, 0.15) is 29.7 Å². The van der Waals surface area contributed by atoms with E-state index in [1.807, 2.05) is 13.8 Å². The van der Waals surface area contributed by atoms with Gasteiger partial charge in [-0.25, -0.2) is 4.98 Å². The lowest BCUT2D eigenvalue weighted by Gasteiger charge is -2.10. The van der Waals surface area contributed by atoms with Crippen LogP contribution in [0, 0.1) is 13.8 Å². The third-order valence-electron chi connectivity index (χ3n) is 3.88. The minimum absolute atomic E-state index is 0. The highest BCUT2D eigenvalue weighted by Gasteiger charge is 2.15. The van der Waals surface area contributed by atoms with E-state index in [0.29, 0.717) is 37.0 Å². The van der Waals surface area contributed by atoms with Crippen molar-refractivity contribution in [3.05, 3.63) is 27.2 Å². The van der Waals surface area contributed by atoms with Crippen molar-refractivity contribution in [1.29, 1.82) is 0 Å². The van der Waals surface area contributed by atoms with E-state index < -0.39 is 0 Å². The van der Waals surface area contributed by atoms with Crippen LogP contribution in [0.15, 0.2) is 4.79 Å². The predicted molar refractivity (Wildman–Crippen MR) is 100 cm³/mol. The molecule has 2 rings (SSSR count). The van der Waals surface area contributed by atoms with Crippen LogP contribution >= 0.6 is 24.8 Å². The molecule has 2 heterocycles. The third-order valence-corrected chi connectivity index (χ3v) is 3.88. The monoisotopic (exact) mass is 377 g/mol. The van der Waals surface area contributed by atoms with Crippen LogP contribution in [0.4, 0.5) is 0 Å². The first-order valence-corrected chi connectivity index (χ1v) is 7.47. The fourth-order valence-corrected chi connectivity index (χ4v) is 2.67. The van der Waals surface area contributed by atoms with Gasteiger partial charge in [0.05, 0.1) is 5.39 Å². The van der Waals surface area contributed by atoms with E-state index in [0.717, 1.165) is 23.2 Å². The maximum absolute atomic E-state index is 12.0. The van der Waals surface area contributed by atoms with Gasteiger partial charge in [0.1, 0.15) is 0 Å². The molecule has 0 saturated carbocycles. The van der Waals surface area contributed by atoms with E-state index >= 15 is 0 Å². The number of carbonyl (C=O) groups is 1. The van der Waals surface area contributed by atoms with Gasteiger partial charge >= 0.3 is 0 Å². The van der Waals surface area contributed by atoms with Crippen LogP contribution in [-0.2, 0) is 18.3 Å². The number of hydrogen-bond acceptors (Lipinski definition) is 4. The molecule has 0 bridgehead atoms. The molecule has 7 nitrogen and oxygen atoms in total. The number of aromatic nitrogens is 3. The normalized spacial score (nSPS) is 10.2. The average molecular weight is 378 g/mol. The summed E-state index contributed by atoms with van der Waals surface area (Å²) in [5.41, 5.74) is 8.63. The fraction of sp³-hybridized carbons (Fsp3) is 0.533. The summed E-state index contributed by atoms with van der Waals surface area (Å²) in [4.78, 5) is 28.3. The highest BCUT2D eigenvalue weighted by molar-refractivity contribution is 5.85. The Hall–Kier alpha value is -1.57. The summed E-state index contributed by atoms with van der Waals surface area (Å²) >= 11 is 0. The Labute approximate surface area is 153 Å². The van der Waals surface area contributed by atoms with Gasteiger partial charge in [-0.15, -0.1) is 24.8 Å². The summed E-state index contributed by atoms with van der Waals surface area (Å²) in [5.74, 6) is -0.00526. The molecule has 0 unspecified atom stereocenters. The van der Waals surface area contributed by atoms with Crippen LogP contribution < -0.4 is 16.6 Å². The van der Waals surface area contributed by atoms with Crippen LogP contribution in [0.25, 0.3) is 11.0 Å². The van der Waals surface area contributed by atoms with E-state index in [1.54, 1.807) is 11.7 Å². The molecule has 136 valence electrons. The van der Waals surface area contributed by atoms with Crippen molar-refractivity contribution in [2.24, 2.45) is 12.8 Å². The number of nitrogens with two attached hydrogens (primary N) is 1. The number of H-pyrrole nitrogens is 1. The molecule has 1 amide bonds. The zero-order valence-corrected chi connectivity index (χ0v) is 15.8. The maximum Gasteiger partial charge on any atom is 0.273 e. The molecule has 0 fully saturated rings. The first-order valence-electron chi connectivity index (χ1n) is 7.47. The lowest BCUT2D eigenvalue weighted by atomic mass is 10.0. The maximum atomic E-state index is 12.0. The second-order valence-electron chi connectivity index (χ2n) is 5.49. The Morgan fingerprint density at radius 2 is 2.00 bits per heavy atom. The van der Waals surface area contributed by atoms with Crippen LogP contribution in [0.2, 0.25) is 0 Å². The molecule has 9 heteroatoms. The van der Waals surface area contributed by atoms with E-state index in [4.69, 9.17) is 5.73 Å². The number of rotatable bonds is 6. The van der Waals surface area contributed by atoms with Crippen molar-refractivity contribution in [3.63, 3.8) is 0 Å². The van der Waals surface area contributed by atoms with Crippen LogP contribution in [-0.4, -0.2) is 33.8 Å². The van der Waals surface area contributed by atoms with Crippen LogP contribution in [0.3, 0.4) is 0 Å². The van der Waals surface area contributed by atoms with Gasteiger partial charge in [0, 0.05) is 25.7 Å². The molecule has 2 aromatic heterocycles. The van der Waals surface area contributed by atoms with Gasteiger partial charge in [-0.3, -0.25) is 19.4 Å². The Morgan fingerprint density at radius 1 is 1.33 bits per heavy atom. The van der Waals surface area contributed by atoms with E-state index in [-0.39, 0.29) is 36.3 Å². The lowest BCUT2D eigenvalue weighted by Crippen LogP contribution is -2.26. The molecule has 0 radical (unpaired) electrons. The Morgan fingerprint density at radius 3 is 2.62 bits per heavy atom. The summed E-state index contributed by atoms with van der Waals surface area (Å²) < 4.78 is 1.63. The quantitative estimate of drug-likeness (QED) is 0.655. The van der Waals surface area contributed by atoms with Crippen molar-refractivity contribution < 1.29 is 4.79 Å². The smallest absolute Gasteiger partial charge is 0.273 e. The highest BCUT2D eigenvalue weighted by Crippen LogP contribution is 2.20. The van der Waals surface area contributed by atoms with Gasteiger partial charge in [-0.2, -0.15) is 0 Å². The standard InChI is InChI=1S/C15H23N5O2.2ClH/c1-9-11(5-6-12(21)17-8-4-7-16)10(2)18-14-13(9)15(22)19-20(14)3;;/h4-8,16H2,1-3H3,(H,17,21)(H,19,22);2*1H. The number of nitrogens with zero attached hydrogens (tertiary/aromatic N) is 2. The number of carbonyl (C=O) groups excluding carboxylic acids is 1. The van der Waals surface area contributed by atoms with E-state index in [9.17, 15) is 9.59 Å². The largest absolute Gasteiger partial charge is 0.356 e. The Kier molecular flexibility index (Phi) is 9.03. The molecule has 0 atom stereocenters. The number of aromatic amines is 1. The average Bonchev–Trinajstić information content (AvgIpc) is 2.73.